The Morgan fingerprint density at radius 2 is 2.11 bits per heavy atom. The van der Waals surface area contributed by atoms with Crippen LogP contribution in [0.3, 0.4) is 0 Å². The van der Waals surface area contributed by atoms with Gasteiger partial charge in [-0.05, 0) is 18.9 Å². The first-order valence-electron chi connectivity index (χ1n) is 5.97. The van der Waals surface area contributed by atoms with Crippen LogP contribution in [0.4, 0.5) is 5.69 Å². The van der Waals surface area contributed by atoms with Crippen LogP contribution in [0.2, 0.25) is 0 Å². The zero-order chi connectivity index (χ0) is 13.0. The van der Waals surface area contributed by atoms with Crippen molar-refractivity contribution in [3.05, 3.63) is 45.6 Å². The molecule has 0 radical (unpaired) electrons. The molecule has 0 unspecified atom stereocenters. The molecule has 0 amide bonds. The van der Waals surface area contributed by atoms with Gasteiger partial charge in [-0.1, -0.05) is 18.2 Å². The lowest BCUT2D eigenvalue weighted by Gasteiger charge is -2.28. The van der Waals surface area contributed by atoms with Crippen molar-refractivity contribution in [3.63, 3.8) is 0 Å². The lowest BCUT2D eigenvalue weighted by molar-refractivity contribution is -0.423. The predicted molar refractivity (Wildman–Crippen MR) is 73.6 cm³/mol. The smallest absolute Gasteiger partial charge is 0.266 e. The van der Waals surface area contributed by atoms with Crippen molar-refractivity contribution in [2.75, 3.05) is 23.9 Å². The fourth-order valence-electron chi connectivity index (χ4n) is 2.11. The maximum atomic E-state index is 10.9. The molecule has 1 aliphatic rings. The van der Waals surface area contributed by atoms with Crippen molar-refractivity contribution in [2.45, 2.75) is 12.8 Å². The average Bonchev–Trinajstić information content (AvgIpc) is 2.38. The molecule has 1 aliphatic heterocycles. The first kappa shape index (κ1) is 12.9. The van der Waals surface area contributed by atoms with E-state index in [0.29, 0.717) is 12.4 Å². The van der Waals surface area contributed by atoms with Gasteiger partial charge in [0.2, 0.25) is 0 Å². The topological polar surface area (TPSA) is 46.4 Å². The number of unbranched alkanes of at least 4 members (excludes halogenated alkanes) is 1. The number of anilines is 1. The molecule has 0 fully saturated rings. The molecule has 0 N–H and O–H groups in total. The number of hydrogen-bond acceptors (Lipinski definition) is 3. The lowest BCUT2D eigenvalue weighted by Crippen LogP contribution is -2.31. The summed E-state index contributed by atoms with van der Waals surface area (Å²) in [5.41, 5.74) is 2.23. The molecule has 0 saturated heterocycles. The number of nitrogens with zero attached hydrogens (tertiary/aromatic N) is 2. The molecule has 18 heavy (non-hydrogen) atoms. The van der Waals surface area contributed by atoms with Crippen molar-refractivity contribution >= 4 is 23.4 Å². The van der Waals surface area contributed by atoms with Crippen molar-refractivity contribution in [2.24, 2.45) is 0 Å². The molecule has 4 nitrogen and oxygen atoms in total. The standard InChI is InChI=1S/C13H15ClN2O2/c14-7-3-4-8-15-10-12(16(17)18)9-11-5-1-2-6-13(11)15/h1-2,5-6,9H,3-4,7-8,10H2. The van der Waals surface area contributed by atoms with Gasteiger partial charge in [0, 0.05) is 29.8 Å². The number of halogens is 1. The Morgan fingerprint density at radius 3 is 2.83 bits per heavy atom. The summed E-state index contributed by atoms with van der Waals surface area (Å²) in [6.07, 6.45) is 3.54. The van der Waals surface area contributed by atoms with Crippen LogP contribution in [0.1, 0.15) is 18.4 Å². The van der Waals surface area contributed by atoms with E-state index >= 15 is 0 Å². The Labute approximate surface area is 111 Å². The van der Waals surface area contributed by atoms with Crippen molar-refractivity contribution < 1.29 is 4.92 Å². The van der Waals surface area contributed by atoms with Gasteiger partial charge in [0.05, 0.1) is 4.92 Å². The normalized spacial score (nSPS) is 14.1. The highest BCUT2D eigenvalue weighted by atomic mass is 35.5. The molecular formula is C13H15ClN2O2. The number of benzene rings is 1. The van der Waals surface area contributed by atoms with Crippen molar-refractivity contribution in [1.82, 2.24) is 0 Å². The Morgan fingerprint density at radius 1 is 1.33 bits per heavy atom. The average molecular weight is 267 g/mol. The lowest BCUT2D eigenvalue weighted by atomic mass is 10.1. The number of fused-ring (bicyclic) bond motifs is 1. The maximum absolute atomic E-state index is 10.9. The highest BCUT2D eigenvalue weighted by Crippen LogP contribution is 2.28. The van der Waals surface area contributed by atoms with E-state index in [1.54, 1.807) is 6.08 Å². The third kappa shape index (κ3) is 2.82. The molecule has 0 aromatic heterocycles. The zero-order valence-electron chi connectivity index (χ0n) is 10.0. The van der Waals surface area contributed by atoms with Crippen LogP contribution < -0.4 is 4.90 Å². The first-order chi connectivity index (χ1) is 8.72. The predicted octanol–water partition coefficient (Wildman–Crippen LogP) is 3.14. The number of nitro groups is 1. The molecule has 96 valence electrons. The number of para-hydroxylation sites is 1. The molecule has 0 saturated carbocycles. The molecule has 1 aromatic rings. The van der Waals surface area contributed by atoms with Crippen LogP contribution in [0, 0.1) is 10.1 Å². The number of alkyl halides is 1. The number of hydrogen-bond donors (Lipinski definition) is 0. The Bertz CT molecular complexity index is 474. The summed E-state index contributed by atoms with van der Waals surface area (Å²) in [4.78, 5) is 12.7. The summed E-state index contributed by atoms with van der Waals surface area (Å²) in [6.45, 7) is 1.17. The van der Waals surface area contributed by atoms with E-state index in [1.165, 1.54) is 0 Å². The summed E-state index contributed by atoms with van der Waals surface area (Å²) in [5.74, 6) is 0.632. The van der Waals surface area contributed by atoms with Gasteiger partial charge in [-0.2, -0.15) is 0 Å². The monoisotopic (exact) mass is 266 g/mol. The molecule has 0 bridgehead atoms. The van der Waals surface area contributed by atoms with Crippen LogP contribution in [0.5, 0.6) is 0 Å². The largest absolute Gasteiger partial charge is 0.360 e. The third-order valence-electron chi connectivity index (χ3n) is 3.00. The second-order valence-corrected chi connectivity index (χ2v) is 4.65. The summed E-state index contributed by atoms with van der Waals surface area (Å²) in [5, 5.41) is 10.9. The summed E-state index contributed by atoms with van der Waals surface area (Å²) in [6, 6.07) is 7.77. The third-order valence-corrected chi connectivity index (χ3v) is 3.27. The van der Waals surface area contributed by atoms with Gasteiger partial charge < -0.3 is 4.90 Å². The van der Waals surface area contributed by atoms with Gasteiger partial charge in [0.15, 0.2) is 0 Å². The van der Waals surface area contributed by atoms with Gasteiger partial charge in [-0.25, -0.2) is 0 Å². The van der Waals surface area contributed by atoms with E-state index in [0.717, 1.165) is 30.6 Å². The molecule has 1 heterocycles. The van der Waals surface area contributed by atoms with Crippen molar-refractivity contribution in [1.29, 1.82) is 0 Å². The molecule has 0 aliphatic carbocycles. The van der Waals surface area contributed by atoms with Crippen LogP contribution in [-0.4, -0.2) is 23.9 Å². The summed E-state index contributed by atoms with van der Waals surface area (Å²) < 4.78 is 0. The van der Waals surface area contributed by atoms with Crippen LogP contribution >= 0.6 is 11.6 Å². The van der Waals surface area contributed by atoms with Crippen LogP contribution in [-0.2, 0) is 0 Å². The fraction of sp³-hybridized carbons (Fsp3) is 0.385. The van der Waals surface area contributed by atoms with Gasteiger partial charge >= 0.3 is 0 Å². The van der Waals surface area contributed by atoms with Gasteiger partial charge in [-0.15, -0.1) is 11.6 Å². The first-order valence-corrected chi connectivity index (χ1v) is 6.50. The quantitative estimate of drug-likeness (QED) is 0.356. The van der Waals surface area contributed by atoms with Crippen LogP contribution in [0.15, 0.2) is 30.0 Å². The van der Waals surface area contributed by atoms with E-state index in [2.05, 4.69) is 4.90 Å². The van der Waals surface area contributed by atoms with E-state index < -0.39 is 0 Å². The Kier molecular flexibility index (Phi) is 4.20. The van der Waals surface area contributed by atoms with Crippen LogP contribution in [0.25, 0.3) is 6.08 Å². The summed E-state index contributed by atoms with van der Waals surface area (Å²) >= 11 is 5.66. The zero-order valence-corrected chi connectivity index (χ0v) is 10.8. The Hall–Kier alpha value is -1.55. The van der Waals surface area contributed by atoms with E-state index in [-0.39, 0.29) is 10.6 Å². The second kappa shape index (κ2) is 5.87. The minimum Gasteiger partial charge on any atom is -0.360 e. The maximum Gasteiger partial charge on any atom is 0.266 e. The van der Waals surface area contributed by atoms with Gasteiger partial charge in [0.25, 0.3) is 5.70 Å². The SMILES string of the molecule is O=[N+]([O-])C1=Cc2ccccc2N(CCCCCl)C1. The molecule has 2 rings (SSSR count). The van der Waals surface area contributed by atoms with Gasteiger partial charge in [0.1, 0.15) is 6.54 Å². The molecule has 1 aromatic carbocycles. The molecule has 5 heteroatoms. The fourth-order valence-corrected chi connectivity index (χ4v) is 2.30. The second-order valence-electron chi connectivity index (χ2n) is 4.27. The minimum absolute atomic E-state index is 0.250. The molecular weight excluding hydrogens is 252 g/mol. The minimum atomic E-state index is -0.301. The molecule has 0 atom stereocenters. The van der Waals surface area contributed by atoms with Gasteiger partial charge in [-0.3, -0.25) is 10.1 Å². The van der Waals surface area contributed by atoms with E-state index in [9.17, 15) is 10.1 Å². The van der Waals surface area contributed by atoms with Crippen molar-refractivity contribution in [3.8, 4) is 0 Å². The Balaban J connectivity index is 2.21. The van der Waals surface area contributed by atoms with E-state index in [1.807, 2.05) is 24.3 Å². The summed E-state index contributed by atoms with van der Waals surface area (Å²) in [7, 11) is 0. The highest BCUT2D eigenvalue weighted by molar-refractivity contribution is 6.17. The highest BCUT2D eigenvalue weighted by Gasteiger charge is 2.23. The van der Waals surface area contributed by atoms with E-state index in [4.69, 9.17) is 11.6 Å². The number of rotatable bonds is 5. The molecule has 0 spiro atoms.